The first kappa shape index (κ1) is 39.3. The number of benzene rings is 1. The van der Waals surface area contributed by atoms with E-state index in [2.05, 4.69) is 111 Å². The van der Waals surface area contributed by atoms with Crippen LogP contribution in [0, 0.1) is 39.3 Å². The number of hydrogen-bond acceptors (Lipinski definition) is 3. The number of carbonyl (C=O) groups excluding carboxylic acids is 1. The summed E-state index contributed by atoms with van der Waals surface area (Å²) >= 11 is 0. The maximum Gasteiger partial charge on any atom is 0.191 e. The van der Waals surface area contributed by atoms with E-state index in [1.54, 1.807) is 0 Å². The number of ether oxygens (including phenoxy) is 1. The van der Waals surface area contributed by atoms with E-state index < -0.39 is 16.1 Å². The van der Waals surface area contributed by atoms with Crippen molar-refractivity contribution in [1.82, 2.24) is 0 Å². The van der Waals surface area contributed by atoms with E-state index in [0.29, 0.717) is 5.57 Å². The van der Waals surface area contributed by atoms with E-state index >= 15 is 0 Å². The van der Waals surface area contributed by atoms with E-state index in [1.807, 2.05) is 24.4 Å². The van der Waals surface area contributed by atoms with Gasteiger partial charge in [0.25, 0.3) is 0 Å². The Kier molecular flexibility index (Phi) is 18.4. The largest absolute Gasteiger partial charge is 0.381 e. The Morgan fingerprint density at radius 1 is 0.895 bits per heavy atom. The molecule has 1 aromatic rings. The zero-order valence-corrected chi connectivity index (χ0v) is 30.4. The first-order valence-electron chi connectivity index (χ1n) is 13.5. The van der Waals surface area contributed by atoms with E-state index in [1.165, 1.54) is 29.5 Å². The van der Waals surface area contributed by atoms with Gasteiger partial charge in [0.15, 0.2) is 5.78 Å². The molecule has 38 heavy (non-hydrogen) atoms. The molecule has 0 amide bonds. The summed E-state index contributed by atoms with van der Waals surface area (Å²) in [6.45, 7) is 35.6. The molecule has 1 saturated heterocycles. The van der Waals surface area contributed by atoms with Gasteiger partial charge in [0, 0.05) is 62.1 Å². The van der Waals surface area contributed by atoms with E-state index in [-0.39, 0.29) is 37.0 Å². The maximum atomic E-state index is 12.6. The Bertz CT molecular complexity index is 901. The summed E-state index contributed by atoms with van der Waals surface area (Å²) in [5.74, 6) is 0.102. The molecule has 2 aliphatic rings. The second kappa shape index (κ2) is 17.8. The molecule has 0 saturated carbocycles. The molecule has 3 rings (SSSR count). The first-order valence-corrected chi connectivity index (χ1v) is 20.9. The van der Waals surface area contributed by atoms with Gasteiger partial charge in [-0.1, -0.05) is 89.9 Å². The Morgan fingerprint density at radius 2 is 1.32 bits per heavy atom. The summed E-state index contributed by atoms with van der Waals surface area (Å²) < 4.78 is 4.94. The monoisotopic (exact) mass is 586 g/mol. The Balaban J connectivity index is 0. The van der Waals surface area contributed by atoms with Gasteiger partial charge in [-0.3, -0.25) is 4.79 Å². The SMILES string of the molecule is C1CCOC1.Cc1cc(C)c(N/C=C2\C=CC=C(C(C)(C)C)C2=O)c(C)c1.[CH2-][Si](C)(C)C.[CH2-][Si](C)(C)C.[Sc]. The molecule has 0 unspecified atom stereocenters. The van der Waals surface area contributed by atoms with Crippen molar-refractivity contribution in [3.8, 4) is 0 Å². The summed E-state index contributed by atoms with van der Waals surface area (Å²) in [4.78, 5) is 12.6. The van der Waals surface area contributed by atoms with Crippen molar-refractivity contribution < 1.29 is 35.4 Å². The fourth-order valence-electron chi connectivity index (χ4n) is 3.33. The topological polar surface area (TPSA) is 38.3 Å². The predicted molar refractivity (Wildman–Crippen MR) is 172 cm³/mol. The van der Waals surface area contributed by atoms with Crippen LogP contribution in [0.1, 0.15) is 50.3 Å². The average molecular weight is 587 g/mol. The number of rotatable bonds is 2. The second-order valence-electron chi connectivity index (χ2n) is 13.5. The Labute approximate surface area is 256 Å². The van der Waals surface area contributed by atoms with Crippen LogP contribution < -0.4 is 5.32 Å². The molecule has 1 fully saturated rings. The van der Waals surface area contributed by atoms with Crippen LogP contribution in [0.25, 0.3) is 0 Å². The van der Waals surface area contributed by atoms with Crippen LogP contribution in [0.3, 0.4) is 0 Å². The van der Waals surface area contributed by atoms with Gasteiger partial charge in [0.05, 0.1) is 0 Å². The molecular formula is C32H55NO2ScSi2-2. The van der Waals surface area contributed by atoms with Gasteiger partial charge >= 0.3 is 0 Å². The summed E-state index contributed by atoms with van der Waals surface area (Å²) in [6, 6.07) is 4.29. The van der Waals surface area contributed by atoms with Crippen LogP contribution >= 0.6 is 0 Å². The van der Waals surface area contributed by atoms with Crippen molar-refractivity contribution in [1.29, 1.82) is 0 Å². The molecule has 6 heteroatoms. The third kappa shape index (κ3) is 20.1. The van der Waals surface area contributed by atoms with Gasteiger partial charge in [-0.15, -0.1) is 16.1 Å². The molecule has 1 radical (unpaired) electrons. The predicted octanol–water partition coefficient (Wildman–Crippen LogP) is 9.21. The fraction of sp³-hybridized carbons (Fsp3) is 0.531. The van der Waals surface area contributed by atoms with Crippen LogP contribution in [-0.4, -0.2) is 35.1 Å². The first-order chi connectivity index (χ1) is 16.7. The summed E-state index contributed by atoms with van der Waals surface area (Å²) in [7, 11) is -1.72. The second-order valence-corrected chi connectivity index (χ2v) is 23.7. The third-order valence-electron chi connectivity index (χ3n) is 4.73. The van der Waals surface area contributed by atoms with E-state index in [9.17, 15) is 4.79 Å². The minimum absolute atomic E-state index is 0. The summed E-state index contributed by atoms with van der Waals surface area (Å²) in [5.41, 5.74) is 6.11. The zero-order chi connectivity index (χ0) is 29.0. The van der Waals surface area contributed by atoms with Gasteiger partial charge in [0.2, 0.25) is 0 Å². The normalized spacial score (nSPS) is 16.1. The number of ketones is 1. The molecule has 0 spiro atoms. The van der Waals surface area contributed by atoms with Gasteiger partial charge < -0.3 is 23.1 Å². The van der Waals surface area contributed by atoms with E-state index in [4.69, 9.17) is 4.74 Å². The van der Waals surface area contributed by atoms with Crippen molar-refractivity contribution >= 4 is 27.6 Å². The molecule has 1 aliphatic heterocycles. The molecular weight excluding hydrogens is 531 g/mol. The number of carbonyl (C=O) groups is 1. The maximum absolute atomic E-state index is 12.6. The van der Waals surface area contributed by atoms with Crippen LogP contribution in [0.2, 0.25) is 39.3 Å². The van der Waals surface area contributed by atoms with Crippen molar-refractivity contribution in [3.63, 3.8) is 0 Å². The minimum Gasteiger partial charge on any atom is -0.381 e. The standard InChI is InChI=1S/C20H25NO.C4H8O.2C4H11Si.Sc/c1-13-10-14(2)18(15(3)11-13)21-12-16-8-7-9-17(19(16)22)20(4,5)6;1-2-4-5-3-1;2*1-5(2,3)4;/h7-12,21H,1-6H3;1-4H2;2*1H2,2-4H3;/q;;2*-1;/b16-12+;;;;. The minimum atomic E-state index is -0.861. The van der Waals surface area contributed by atoms with Crippen LogP contribution in [0.5, 0.6) is 0 Å². The number of nitrogens with one attached hydrogen (secondary N) is 1. The fourth-order valence-corrected chi connectivity index (χ4v) is 3.33. The number of aryl methyl sites for hydroxylation is 3. The molecule has 0 bridgehead atoms. The molecule has 0 aromatic heterocycles. The molecule has 1 aromatic carbocycles. The molecule has 213 valence electrons. The molecule has 1 aliphatic carbocycles. The molecule has 1 heterocycles. The zero-order valence-electron chi connectivity index (χ0n) is 26.6. The smallest absolute Gasteiger partial charge is 0.191 e. The van der Waals surface area contributed by atoms with Gasteiger partial charge in [-0.05, 0) is 56.2 Å². The molecule has 1 N–H and O–H groups in total. The van der Waals surface area contributed by atoms with Gasteiger partial charge in [-0.25, -0.2) is 0 Å². The number of hydrogen-bond donors (Lipinski definition) is 1. The van der Waals surface area contributed by atoms with Crippen LogP contribution in [0.4, 0.5) is 5.69 Å². The van der Waals surface area contributed by atoms with Crippen molar-refractivity contribution in [2.24, 2.45) is 5.41 Å². The Morgan fingerprint density at radius 3 is 1.66 bits per heavy atom. The van der Waals surface area contributed by atoms with Gasteiger partial charge in [0.1, 0.15) is 0 Å². The van der Waals surface area contributed by atoms with Gasteiger partial charge in [-0.2, -0.15) is 0 Å². The summed E-state index contributed by atoms with van der Waals surface area (Å²) in [5, 5.41) is 3.32. The quantitative estimate of drug-likeness (QED) is 0.213. The number of Topliss-reactive ketones (excluding diaryl/α,β-unsaturated/α-hetero) is 1. The third-order valence-corrected chi connectivity index (χ3v) is 4.73. The molecule has 0 atom stereocenters. The number of anilines is 1. The molecule has 3 nitrogen and oxygen atoms in total. The van der Waals surface area contributed by atoms with Crippen LogP contribution in [-0.2, 0) is 35.4 Å². The van der Waals surface area contributed by atoms with Crippen LogP contribution in [0.15, 0.2) is 47.7 Å². The van der Waals surface area contributed by atoms with Crippen molar-refractivity contribution in [3.05, 3.63) is 77.5 Å². The van der Waals surface area contributed by atoms with Crippen molar-refractivity contribution in [2.75, 3.05) is 18.5 Å². The average Bonchev–Trinajstić information content (AvgIpc) is 3.25. The van der Waals surface area contributed by atoms with E-state index in [0.717, 1.165) is 24.5 Å². The Hall–Kier alpha value is -0.826. The van der Waals surface area contributed by atoms with Crippen molar-refractivity contribution in [2.45, 2.75) is 93.7 Å². The summed E-state index contributed by atoms with van der Waals surface area (Å²) in [6.07, 6.45) is 10.1. The number of allylic oxidation sites excluding steroid dienone is 5.